The molecule has 0 radical (unpaired) electrons. The molecule has 0 saturated carbocycles. The number of nitrogens with one attached hydrogen (secondary N) is 1. The third kappa shape index (κ3) is 4.08. The predicted octanol–water partition coefficient (Wildman–Crippen LogP) is 1.89. The molecule has 1 aromatic rings. The summed E-state index contributed by atoms with van der Waals surface area (Å²) < 4.78 is 26.6. The van der Waals surface area contributed by atoms with E-state index < -0.39 is 10.0 Å². The summed E-state index contributed by atoms with van der Waals surface area (Å²) in [5, 5.41) is 8.91. The van der Waals surface area contributed by atoms with Gasteiger partial charge in [-0.15, -0.1) is 0 Å². The van der Waals surface area contributed by atoms with Crippen molar-refractivity contribution < 1.29 is 13.5 Å². The van der Waals surface area contributed by atoms with Gasteiger partial charge in [0.05, 0.1) is 11.5 Å². The molecule has 0 aliphatic carbocycles. The lowest BCUT2D eigenvalue weighted by atomic mass is 10.0. The van der Waals surface area contributed by atoms with Crippen molar-refractivity contribution in [3.63, 3.8) is 0 Å². The van der Waals surface area contributed by atoms with E-state index in [1.165, 1.54) is 12.1 Å². The molecule has 0 amide bonds. The second-order valence-corrected chi connectivity index (χ2v) is 6.10. The smallest absolute Gasteiger partial charge is 0.240 e. The molecule has 0 fully saturated rings. The summed E-state index contributed by atoms with van der Waals surface area (Å²) in [5.41, 5.74) is 0.703. The molecule has 2 N–H and O–H groups in total. The van der Waals surface area contributed by atoms with Crippen molar-refractivity contribution in [1.82, 2.24) is 4.72 Å². The predicted molar refractivity (Wildman–Crippen MR) is 71.6 cm³/mol. The monoisotopic (exact) mass is 271 g/mol. The van der Waals surface area contributed by atoms with Gasteiger partial charge in [-0.25, -0.2) is 13.1 Å². The van der Waals surface area contributed by atoms with E-state index in [2.05, 4.69) is 18.6 Å². The lowest BCUT2D eigenvalue weighted by Crippen LogP contribution is -2.29. The Morgan fingerprint density at radius 1 is 1.17 bits per heavy atom. The maximum atomic E-state index is 12.0. The van der Waals surface area contributed by atoms with Crippen LogP contribution in [0.2, 0.25) is 0 Å². The first kappa shape index (κ1) is 15.1. The molecular formula is C13H21NO3S. The molecule has 1 rings (SSSR count). The average Bonchev–Trinajstić information content (AvgIpc) is 2.40. The zero-order chi connectivity index (χ0) is 13.6. The summed E-state index contributed by atoms with van der Waals surface area (Å²) in [6.07, 6.45) is 1.92. The summed E-state index contributed by atoms with van der Waals surface area (Å²) in [6.45, 7) is 4.50. The average molecular weight is 271 g/mol. The Morgan fingerprint density at radius 3 is 2.17 bits per heavy atom. The van der Waals surface area contributed by atoms with Crippen LogP contribution in [0, 0.1) is 5.92 Å². The zero-order valence-electron chi connectivity index (χ0n) is 10.9. The molecule has 18 heavy (non-hydrogen) atoms. The quantitative estimate of drug-likeness (QED) is 0.796. The molecule has 0 bridgehead atoms. The van der Waals surface area contributed by atoms with Crippen LogP contribution in [0.15, 0.2) is 29.2 Å². The first-order chi connectivity index (χ1) is 8.53. The lowest BCUT2D eigenvalue weighted by Gasteiger charge is -2.13. The molecule has 5 heteroatoms. The maximum absolute atomic E-state index is 12.0. The minimum Gasteiger partial charge on any atom is -0.392 e. The number of aliphatic hydroxyl groups excluding tert-OH is 1. The fourth-order valence-electron chi connectivity index (χ4n) is 1.66. The van der Waals surface area contributed by atoms with Gasteiger partial charge in [0.15, 0.2) is 0 Å². The fourth-order valence-corrected chi connectivity index (χ4v) is 2.78. The van der Waals surface area contributed by atoms with Crippen LogP contribution in [0.3, 0.4) is 0 Å². The minimum absolute atomic E-state index is 0.0818. The lowest BCUT2D eigenvalue weighted by molar-refractivity contribution is 0.282. The third-order valence-corrected chi connectivity index (χ3v) is 4.57. The van der Waals surface area contributed by atoms with E-state index in [0.717, 1.165) is 12.8 Å². The van der Waals surface area contributed by atoms with Crippen LogP contribution in [0.25, 0.3) is 0 Å². The van der Waals surface area contributed by atoms with Gasteiger partial charge >= 0.3 is 0 Å². The molecule has 0 aliphatic heterocycles. The zero-order valence-corrected chi connectivity index (χ0v) is 11.7. The van der Waals surface area contributed by atoms with Crippen molar-refractivity contribution in [1.29, 1.82) is 0 Å². The molecule has 0 aliphatic rings. The SMILES string of the molecule is CCC(CC)CNS(=O)(=O)c1ccc(CO)cc1. The van der Waals surface area contributed by atoms with Gasteiger partial charge < -0.3 is 5.11 Å². The Hall–Kier alpha value is -0.910. The van der Waals surface area contributed by atoms with Crippen LogP contribution in [0.1, 0.15) is 32.3 Å². The van der Waals surface area contributed by atoms with Crippen LogP contribution in [-0.4, -0.2) is 20.1 Å². The van der Waals surface area contributed by atoms with Crippen LogP contribution >= 0.6 is 0 Å². The Bertz CT molecular complexity index is 450. The third-order valence-electron chi connectivity index (χ3n) is 3.13. The van der Waals surface area contributed by atoms with E-state index in [0.29, 0.717) is 18.0 Å². The van der Waals surface area contributed by atoms with Crippen LogP contribution in [0.4, 0.5) is 0 Å². The van der Waals surface area contributed by atoms with Gasteiger partial charge in [-0.1, -0.05) is 38.8 Å². The van der Waals surface area contributed by atoms with E-state index in [4.69, 9.17) is 5.11 Å². The maximum Gasteiger partial charge on any atom is 0.240 e. The second kappa shape index (κ2) is 6.87. The van der Waals surface area contributed by atoms with Gasteiger partial charge in [0.25, 0.3) is 0 Å². The van der Waals surface area contributed by atoms with Crippen molar-refractivity contribution in [3.05, 3.63) is 29.8 Å². The van der Waals surface area contributed by atoms with Gasteiger partial charge in [-0.05, 0) is 23.6 Å². The van der Waals surface area contributed by atoms with Crippen LogP contribution in [-0.2, 0) is 16.6 Å². The molecule has 102 valence electrons. The number of hydrogen-bond acceptors (Lipinski definition) is 3. The first-order valence-electron chi connectivity index (χ1n) is 6.23. The highest BCUT2D eigenvalue weighted by Gasteiger charge is 2.15. The van der Waals surface area contributed by atoms with Crippen molar-refractivity contribution in [3.8, 4) is 0 Å². The Balaban J connectivity index is 2.73. The standard InChI is InChI=1S/C13H21NO3S/c1-3-11(4-2)9-14-18(16,17)13-7-5-12(10-15)6-8-13/h5-8,11,14-15H,3-4,9-10H2,1-2H3. The van der Waals surface area contributed by atoms with Gasteiger partial charge in [0.1, 0.15) is 0 Å². The van der Waals surface area contributed by atoms with Crippen molar-refractivity contribution in [2.45, 2.75) is 38.2 Å². The Morgan fingerprint density at radius 2 is 1.72 bits per heavy atom. The van der Waals surface area contributed by atoms with Gasteiger partial charge in [-0.3, -0.25) is 0 Å². The molecule has 0 heterocycles. The van der Waals surface area contributed by atoms with Crippen LogP contribution < -0.4 is 4.72 Å². The highest BCUT2D eigenvalue weighted by molar-refractivity contribution is 7.89. The molecule has 0 aromatic heterocycles. The number of aliphatic hydroxyl groups is 1. The molecular weight excluding hydrogens is 250 g/mol. The van der Waals surface area contributed by atoms with Gasteiger partial charge in [0, 0.05) is 6.54 Å². The topological polar surface area (TPSA) is 66.4 Å². The molecule has 0 unspecified atom stereocenters. The number of sulfonamides is 1. The van der Waals surface area contributed by atoms with E-state index >= 15 is 0 Å². The number of rotatable bonds is 7. The minimum atomic E-state index is -3.43. The number of hydrogen-bond donors (Lipinski definition) is 2. The summed E-state index contributed by atoms with van der Waals surface area (Å²) in [4.78, 5) is 0.241. The highest BCUT2D eigenvalue weighted by atomic mass is 32.2. The molecule has 1 aromatic carbocycles. The first-order valence-corrected chi connectivity index (χ1v) is 7.71. The largest absolute Gasteiger partial charge is 0.392 e. The highest BCUT2D eigenvalue weighted by Crippen LogP contribution is 2.12. The fraction of sp³-hybridized carbons (Fsp3) is 0.538. The van der Waals surface area contributed by atoms with Gasteiger partial charge in [0.2, 0.25) is 10.0 Å². The van der Waals surface area contributed by atoms with E-state index in [1.54, 1.807) is 12.1 Å². The van der Waals surface area contributed by atoms with Crippen LogP contribution in [0.5, 0.6) is 0 Å². The van der Waals surface area contributed by atoms with Gasteiger partial charge in [-0.2, -0.15) is 0 Å². The van der Waals surface area contributed by atoms with E-state index in [9.17, 15) is 8.42 Å². The second-order valence-electron chi connectivity index (χ2n) is 4.34. The molecule has 0 spiro atoms. The van der Waals surface area contributed by atoms with Crippen molar-refractivity contribution in [2.24, 2.45) is 5.92 Å². The normalized spacial score (nSPS) is 12.0. The van der Waals surface area contributed by atoms with E-state index in [-0.39, 0.29) is 11.5 Å². The Kier molecular flexibility index (Phi) is 5.78. The molecule has 4 nitrogen and oxygen atoms in total. The summed E-state index contributed by atoms with van der Waals surface area (Å²) >= 11 is 0. The molecule has 0 saturated heterocycles. The number of benzene rings is 1. The molecule has 0 atom stereocenters. The summed E-state index contributed by atoms with van der Waals surface area (Å²) in [5.74, 6) is 0.372. The summed E-state index contributed by atoms with van der Waals surface area (Å²) in [6, 6.07) is 6.26. The van der Waals surface area contributed by atoms with E-state index in [1.807, 2.05) is 0 Å². The summed E-state index contributed by atoms with van der Waals surface area (Å²) in [7, 11) is -3.43. The van der Waals surface area contributed by atoms with Crippen molar-refractivity contribution >= 4 is 10.0 Å². The van der Waals surface area contributed by atoms with Crippen molar-refractivity contribution in [2.75, 3.05) is 6.54 Å². The Labute approximate surface area is 109 Å².